The molecule has 2 nitrogen and oxygen atoms in total. The van der Waals surface area contributed by atoms with Crippen LogP contribution in [0, 0.1) is 5.92 Å². The summed E-state index contributed by atoms with van der Waals surface area (Å²) in [5.41, 5.74) is 0. The van der Waals surface area contributed by atoms with E-state index in [0.29, 0.717) is 0 Å². The average molecular weight is 170 g/mol. The van der Waals surface area contributed by atoms with Crippen molar-refractivity contribution in [2.24, 2.45) is 5.92 Å². The number of alkyl halides is 3. The molecule has 0 aromatic rings. The van der Waals surface area contributed by atoms with E-state index in [9.17, 15) is 18.0 Å². The Labute approximate surface area is 62.0 Å². The summed E-state index contributed by atoms with van der Waals surface area (Å²) in [6, 6.07) is 0. The van der Waals surface area contributed by atoms with Crippen LogP contribution in [0.5, 0.6) is 0 Å². The zero-order valence-corrected chi connectivity index (χ0v) is 6.14. The number of hydrogen-bond donors (Lipinski definition) is 1. The van der Waals surface area contributed by atoms with E-state index in [4.69, 9.17) is 5.11 Å². The van der Waals surface area contributed by atoms with Crippen LogP contribution in [0.3, 0.4) is 0 Å². The zero-order chi connectivity index (χ0) is 9.23. The summed E-state index contributed by atoms with van der Waals surface area (Å²) in [6.07, 6.45) is -2.62. The van der Waals surface area contributed by atoms with Crippen LogP contribution in [-0.4, -0.2) is 23.2 Å². The molecule has 0 spiro atoms. The van der Waals surface area contributed by atoms with E-state index in [1.54, 1.807) is 0 Å². The van der Waals surface area contributed by atoms with Crippen molar-refractivity contribution in [2.45, 2.75) is 25.9 Å². The lowest BCUT2D eigenvalue weighted by Gasteiger charge is -2.18. The molecular formula is C6H9F3O2. The molecule has 0 aliphatic heterocycles. The Morgan fingerprint density at radius 1 is 1.45 bits per heavy atom. The normalized spacial score (nSPS) is 15.1. The minimum atomic E-state index is -4.27. The maximum Gasteiger partial charge on any atom is 0.377 e. The van der Waals surface area contributed by atoms with E-state index in [0.717, 1.165) is 0 Å². The lowest BCUT2D eigenvalue weighted by atomic mass is 10.0. The fourth-order valence-electron chi connectivity index (χ4n) is 0.537. The number of carboxylic acids is 1. The molecule has 0 fully saturated rings. The van der Waals surface area contributed by atoms with Gasteiger partial charge < -0.3 is 5.11 Å². The highest BCUT2D eigenvalue weighted by molar-refractivity contribution is 5.76. The van der Waals surface area contributed by atoms with Crippen LogP contribution in [0.1, 0.15) is 13.8 Å². The van der Waals surface area contributed by atoms with Gasteiger partial charge in [-0.15, -0.1) is 0 Å². The summed E-state index contributed by atoms with van der Waals surface area (Å²) < 4.78 is 36.9. The van der Waals surface area contributed by atoms with E-state index in [-0.39, 0.29) is 0 Å². The number of rotatable bonds is 3. The van der Waals surface area contributed by atoms with Gasteiger partial charge in [0.05, 0.1) is 0 Å². The highest BCUT2D eigenvalue weighted by Crippen LogP contribution is 2.27. The molecule has 0 radical (unpaired) electrons. The molecule has 0 saturated carbocycles. The molecule has 0 saturated heterocycles. The summed E-state index contributed by atoms with van der Waals surface area (Å²) >= 11 is 0. The van der Waals surface area contributed by atoms with Gasteiger partial charge in [0.25, 0.3) is 0 Å². The molecule has 0 amide bonds. The Morgan fingerprint density at radius 3 is 1.91 bits per heavy atom. The van der Waals surface area contributed by atoms with Gasteiger partial charge in [-0.05, 0) is 5.92 Å². The largest absolute Gasteiger partial charge is 0.477 e. The highest BCUT2D eigenvalue weighted by atomic mass is 19.3. The third kappa shape index (κ3) is 2.10. The minimum absolute atomic E-state index is 0.999. The van der Waals surface area contributed by atoms with E-state index >= 15 is 0 Å². The molecular weight excluding hydrogens is 161 g/mol. The quantitative estimate of drug-likeness (QED) is 0.699. The lowest BCUT2D eigenvalue weighted by molar-refractivity contribution is -0.178. The van der Waals surface area contributed by atoms with Gasteiger partial charge in [0.15, 0.2) is 6.17 Å². The summed E-state index contributed by atoms with van der Waals surface area (Å²) in [5, 5.41) is 7.87. The van der Waals surface area contributed by atoms with Gasteiger partial charge in [-0.3, -0.25) is 0 Å². The van der Waals surface area contributed by atoms with E-state index < -0.39 is 24.0 Å². The second-order valence-electron chi connectivity index (χ2n) is 2.57. The predicted octanol–water partition coefficient (Wildman–Crippen LogP) is 1.70. The second-order valence-corrected chi connectivity index (χ2v) is 2.57. The summed E-state index contributed by atoms with van der Waals surface area (Å²) in [6.45, 7) is 2.39. The molecule has 0 aliphatic rings. The fraction of sp³-hybridized carbons (Fsp3) is 0.833. The predicted molar refractivity (Wildman–Crippen MR) is 32.3 cm³/mol. The fourth-order valence-corrected chi connectivity index (χ4v) is 0.537. The van der Waals surface area contributed by atoms with Crippen LogP contribution in [0.4, 0.5) is 13.2 Å². The Hall–Kier alpha value is -0.740. The van der Waals surface area contributed by atoms with Crippen molar-refractivity contribution < 1.29 is 23.1 Å². The highest BCUT2D eigenvalue weighted by Gasteiger charge is 2.49. The van der Waals surface area contributed by atoms with Gasteiger partial charge in [-0.2, -0.15) is 8.78 Å². The van der Waals surface area contributed by atoms with E-state index in [2.05, 4.69) is 0 Å². The van der Waals surface area contributed by atoms with Crippen LogP contribution in [0.25, 0.3) is 0 Å². The van der Waals surface area contributed by atoms with Crippen LogP contribution in [-0.2, 0) is 4.79 Å². The van der Waals surface area contributed by atoms with Gasteiger partial charge in [0.2, 0.25) is 0 Å². The van der Waals surface area contributed by atoms with Crippen molar-refractivity contribution in [1.29, 1.82) is 0 Å². The third-order valence-electron chi connectivity index (χ3n) is 1.22. The van der Waals surface area contributed by atoms with Gasteiger partial charge in [0, 0.05) is 0 Å². The summed E-state index contributed by atoms with van der Waals surface area (Å²) in [7, 11) is 0. The van der Waals surface area contributed by atoms with Gasteiger partial charge in [-0.25, -0.2) is 9.18 Å². The number of aliphatic carboxylic acids is 1. The van der Waals surface area contributed by atoms with Crippen molar-refractivity contribution in [1.82, 2.24) is 0 Å². The Kier molecular flexibility index (Phi) is 2.90. The molecule has 0 aliphatic carbocycles. The van der Waals surface area contributed by atoms with Crippen molar-refractivity contribution in [3.05, 3.63) is 0 Å². The van der Waals surface area contributed by atoms with Crippen molar-refractivity contribution in [3.8, 4) is 0 Å². The standard InChI is InChI=1S/C6H9F3O2/c1-3(2)4(7)6(8,9)5(10)11/h3-4H,1-2H3,(H,10,11). The number of halogens is 3. The first-order chi connectivity index (χ1) is 4.80. The van der Waals surface area contributed by atoms with Crippen LogP contribution in [0.2, 0.25) is 0 Å². The second kappa shape index (κ2) is 3.11. The molecule has 1 N–H and O–H groups in total. The molecule has 0 heterocycles. The molecule has 5 heteroatoms. The monoisotopic (exact) mass is 170 g/mol. The van der Waals surface area contributed by atoms with Crippen molar-refractivity contribution in [3.63, 3.8) is 0 Å². The number of carboxylic acid groups (broad SMARTS) is 1. The Balaban J connectivity index is 4.42. The average Bonchev–Trinajstić information content (AvgIpc) is 1.85. The minimum Gasteiger partial charge on any atom is -0.477 e. The molecule has 66 valence electrons. The van der Waals surface area contributed by atoms with Crippen LogP contribution >= 0.6 is 0 Å². The first-order valence-corrected chi connectivity index (χ1v) is 3.05. The van der Waals surface area contributed by atoms with Gasteiger partial charge in [0.1, 0.15) is 0 Å². The zero-order valence-electron chi connectivity index (χ0n) is 6.14. The van der Waals surface area contributed by atoms with Crippen molar-refractivity contribution in [2.75, 3.05) is 0 Å². The van der Waals surface area contributed by atoms with Crippen LogP contribution in [0.15, 0.2) is 0 Å². The molecule has 0 aromatic heterocycles. The van der Waals surface area contributed by atoms with Crippen LogP contribution < -0.4 is 0 Å². The van der Waals surface area contributed by atoms with E-state index in [1.165, 1.54) is 13.8 Å². The topological polar surface area (TPSA) is 37.3 Å². The molecule has 1 unspecified atom stereocenters. The first kappa shape index (κ1) is 10.3. The maximum absolute atomic E-state index is 12.4. The van der Waals surface area contributed by atoms with Crippen molar-refractivity contribution >= 4 is 5.97 Å². The smallest absolute Gasteiger partial charge is 0.377 e. The number of carbonyl (C=O) groups is 1. The van der Waals surface area contributed by atoms with E-state index in [1.807, 2.05) is 0 Å². The summed E-state index contributed by atoms with van der Waals surface area (Å²) in [4.78, 5) is 9.78. The van der Waals surface area contributed by atoms with Gasteiger partial charge in [-0.1, -0.05) is 13.8 Å². The maximum atomic E-state index is 12.4. The lowest BCUT2D eigenvalue weighted by Crippen LogP contribution is -2.41. The van der Waals surface area contributed by atoms with Gasteiger partial charge >= 0.3 is 11.9 Å². The third-order valence-corrected chi connectivity index (χ3v) is 1.22. The number of hydrogen-bond acceptors (Lipinski definition) is 1. The first-order valence-electron chi connectivity index (χ1n) is 3.05. The SMILES string of the molecule is CC(C)C(F)C(F)(F)C(=O)O. The molecule has 1 atom stereocenters. The molecule has 0 rings (SSSR count). The Morgan fingerprint density at radius 2 is 1.82 bits per heavy atom. The summed E-state index contributed by atoms with van der Waals surface area (Å²) in [5.74, 6) is -7.69. The Bertz CT molecular complexity index is 156. The molecule has 11 heavy (non-hydrogen) atoms. The molecule has 0 aromatic carbocycles. The molecule has 0 bridgehead atoms.